The molecule has 92 valence electrons. The minimum atomic E-state index is -0.192. The number of hydrogen-bond donors (Lipinski definition) is 1. The zero-order valence-electron chi connectivity index (χ0n) is 9.46. The minimum Gasteiger partial charge on any atom is -0.367 e. The molecule has 0 spiro atoms. The normalized spacial score (nSPS) is 29.3. The van der Waals surface area contributed by atoms with Crippen molar-refractivity contribution in [3.8, 4) is 0 Å². The van der Waals surface area contributed by atoms with Gasteiger partial charge < -0.3 is 10.1 Å². The summed E-state index contributed by atoms with van der Waals surface area (Å²) in [4.78, 5) is 0. The lowest BCUT2D eigenvalue weighted by atomic mass is 10.1. The number of halogens is 2. The molecule has 1 saturated carbocycles. The Hall–Kier alpha value is -0.450. The SMILES string of the molecule is Fc1cc(Br)ccc1C1CNCC(C2CC2)O1. The van der Waals surface area contributed by atoms with Crippen LogP contribution in [0.1, 0.15) is 24.5 Å². The van der Waals surface area contributed by atoms with Crippen LogP contribution in [0.5, 0.6) is 0 Å². The fourth-order valence-corrected chi connectivity index (χ4v) is 2.69. The number of ether oxygens (including phenoxy) is 1. The highest BCUT2D eigenvalue weighted by atomic mass is 79.9. The molecule has 0 amide bonds. The average Bonchev–Trinajstić information content (AvgIpc) is 3.13. The monoisotopic (exact) mass is 299 g/mol. The van der Waals surface area contributed by atoms with E-state index in [1.165, 1.54) is 18.9 Å². The molecule has 0 bridgehead atoms. The van der Waals surface area contributed by atoms with Crippen molar-refractivity contribution in [2.24, 2.45) is 5.92 Å². The Morgan fingerprint density at radius 3 is 2.82 bits per heavy atom. The van der Waals surface area contributed by atoms with Crippen molar-refractivity contribution in [1.29, 1.82) is 0 Å². The summed E-state index contributed by atoms with van der Waals surface area (Å²) in [6, 6.07) is 5.17. The minimum absolute atomic E-state index is 0.151. The van der Waals surface area contributed by atoms with Gasteiger partial charge in [-0.2, -0.15) is 0 Å². The van der Waals surface area contributed by atoms with Crippen LogP contribution in [0.2, 0.25) is 0 Å². The lowest BCUT2D eigenvalue weighted by molar-refractivity contribution is -0.0507. The first-order valence-electron chi connectivity index (χ1n) is 6.05. The van der Waals surface area contributed by atoms with E-state index < -0.39 is 0 Å². The highest BCUT2D eigenvalue weighted by Gasteiger charge is 2.36. The van der Waals surface area contributed by atoms with Crippen LogP contribution < -0.4 is 5.32 Å². The lowest BCUT2D eigenvalue weighted by Gasteiger charge is -2.31. The first kappa shape index (κ1) is 11.6. The number of hydrogen-bond acceptors (Lipinski definition) is 2. The Balaban J connectivity index is 1.77. The van der Waals surface area contributed by atoms with Gasteiger partial charge in [-0.25, -0.2) is 4.39 Å². The number of nitrogens with one attached hydrogen (secondary N) is 1. The molecule has 4 heteroatoms. The Morgan fingerprint density at radius 1 is 1.29 bits per heavy atom. The van der Waals surface area contributed by atoms with Crippen LogP contribution in [-0.2, 0) is 4.74 Å². The van der Waals surface area contributed by atoms with Crippen LogP contribution in [0.15, 0.2) is 22.7 Å². The van der Waals surface area contributed by atoms with Crippen molar-refractivity contribution in [2.75, 3.05) is 13.1 Å². The van der Waals surface area contributed by atoms with Crippen molar-refractivity contribution in [1.82, 2.24) is 5.32 Å². The molecular weight excluding hydrogens is 285 g/mol. The van der Waals surface area contributed by atoms with Gasteiger partial charge in [-0.3, -0.25) is 0 Å². The van der Waals surface area contributed by atoms with Gasteiger partial charge >= 0.3 is 0 Å². The quantitative estimate of drug-likeness (QED) is 0.906. The van der Waals surface area contributed by atoms with E-state index in [-0.39, 0.29) is 18.0 Å². The van der Waals surface area contributed by atoms with Crippen LogP contribution in [0.3, 0.4) is 0 Å². The van der Waals surface area contributed by atoms with E-state index in [4.69, 9.17) is 4.74 Å². The summed E-state index contributed by atoms with van der Waals surface area (Å²) in [6.45, 7) is 1.60. The van der Waals surface area contributed by atoms with Gasteiger partial charge in [0.1, 0.15) is 5.82 Å². The van der Waals surface area contributed by atoms with Gasteiger partial charge in [-0.05, 0) is 30.9 Å². The predicted octanol–water partition coefficient (Wildman–Crippen LogP) is 3.03. The molecule has 0 aromatic heterocycles. The van der Waals surface area contributed by atoms with E-state index in [2.05, 4.69) is 21.2 Å². The number of benzene rings is 1. The van der Waals surface area contributed by atoms with E-state index in [1.807, 2.05) is 6.07 Å². The average molecular weight is 300 g/mol. The van der Waals surface area contributed by atoms with Crippen molar-refractivity contribution in [2.45, 2.75) is 25.0 Å². The van der Waals surface area contributed by atoms with Gasteiger partial charge in [0, 0.05) is 23.1 Å². The second kappa shape index (κ2) is 4.67. The molecule has 2 unspecified atom stereocenters. The Bertz CT molecular complexity index is 422. The van der Waals surface area contributed by atoms with Gasteiger partial charge in [0.2, 0.25) is 0 Å². The molecule has 1 aliphatic carbocycles. The first-order valence-corrected chi connectivity index (χ1v) is 6.84. The van der Waals surface area contributed by atoms with Crippen molar-refractivity contribution in [3.63, 3.8) is 0 Å². The molecule has 2 atom stereocenters. The molecule has 1 heterocycles. The molecule has 17 heavy (non-hydrogen) atoms. The molecule has 0 radical (unpaired) electrons. The number of rotatable bonds is 2. The summed E-state index contributed by atoms with van der Waals surface area (Å²) in [5.41, 5.74) is 0.658. The molecular formula is C13H15BrFNO. The molecule has 1 N–H and O–H groups in total. The van der Waals surface area contributed by atoms with Crippen molar-refractivity contribution in [3.05, 3.63) is 34.1 Å². The van der Waals surface area contributed by atoms with Crippen LogP contribution >= 0.6 is 15.9 Å². The highest BCUT2D eigenvalue weighted by Crippen LogP contribution is 2.38. The summed E-state index contributed by atoms with van der Waals surface area (Å²) in [6.07, 6.45) is 2.61. The third-order valence-corrected chi connectivity index (χ3v) is 3.96. The molecule has 2 aliphatic rings. The molecule has 2 fully saturated rings. The third-order valence-electron chi connectivity index (χ3n) is 3.47. The van der Waals surface area contributed by atoms with E-state index in [0.29, 0.717) is 18.0 Å². The fraction of sp³-hybridized carbons (Fsp3) is 0.538. The number of morpholine rings is 1. The molecule has 1 aromatic rings. The zero-order chi connectivity index (χ0) is 11.8. The van der Waals surface area contributed by atoms with Crippen LogP contribution in [0.4, 0.5) is 4.39 Å². The van der Waals surface area contributed by atoms with Crippen LogP contribution in [-0.4, -0.2) is 19.2 Å². The molecule has 3 rings (SSSR count). The Morgan fingerprint density at radius 2 is 2.12 bits per heavy atom. The van der Waals surface area contributed by atoms with E-state index >= 15 is 0 Å². The summed E-state index contributed by atoms with van der Waals surface area (Å²) >= 11 is 3.27. The fourth-order valence-electron chi connectivity index (χ4n) is 2.36. The summed E-state index contributed by atoms with van der Waals surface area (Å²) in [7, 11) is 0. The second-order valence-electron chi connectivity index (χ2n) is 4.82. The summed E-state index contributed by atoms with van der Waals surface area (Å²) < 4.78 is 20.6. The lowest BCUT2D eigenvalue weighted by Crippen LogP contribution is -2.41. The van der Waals surface area contributed by atoms with Crippen molar-refractivity contribution < 1.29 is 9.13 Å². The second-order valence-corrected chi connectivity index (χ2v) is 5.74. The first-order chi connectivity index (χ1) is 8.24. The zero-order valence-corrected chi connectivity index (χ0v) is 11.0. The third kappa shape index (κ3) is 2.54. The largest absolute Gasteiger partial charge is 0.367 e. The predicted molar refractivity (Wildman–Crippen MR) is 67.3 cm³/mol. The topological polar surface area (TPSA) is 21.3 Å². The molecule has 1 saturated heterocycles. The van der Waals surface area contributed by atoms with Gasteiger partial charge in [-0.1, -0.05) is 22.0 Å². The van der Waals surface area contributed by atoms with Gasteiger partial charge in [0.05, 0.1) is 12.2 Å². The highest BCUT2D eigenvalue weighted by molar-refractivity contribution is 9.10. The van der Waals surface area contributed by atoms with Crippen molar-refractivity contribution >= 4 is 15.9 Å². The van der Waals surface area contributed by atoms with E-state index in [1.54, 1.807) is 6.07 Å². The summed E-state index contributed by atoms with van der Waals surface area (Å²) in [5, 5.41) is 3.34. The maximum absolute atomic E-state index is 13.8. The maximum Gasteiger partial charge on any atom is 0.130 e. The van der Waals surface area contributed by atoms with E-state index in [9.17, 15) is 4.39 Å². The van der Waals surface area contributed by atoms with Gasteiger partial charge in [0.25, 0.3) is 0 Å². The maximum atomic E-state index is 13.8. The van der Waals surface area contributed by atoms with Crippen LogP contribution in [0, 0.1) is 11.7 Å². The Labute approximate surface area is 109 Å². The molecule has 1 aromatic carbocycles. The Kier molecular flexibility index (Phi) is 3.19. The van der Waals surface area contributed by atoms with Crippen LogP contribution in [0.25, 0.3) is 0 Å². The van der Waals surface area contributed by atoms with E-state index in [0.717, 1.165) is 11.0 Å². The standard InChI is InChI=1S/C13H15BrFNO/c14-9-3-4-10(11(15)5-9)13-7-16-6-12(17-13)8-1-2-8/h3-5,8,12-13,16H,1-2,6-7H2. The molecule has 1 aliphatic heterocycles. The molecule has 2 nitrogen and oxygen atoms in total. The summed E-state index contributed by atoms with van der Waals surface area (Å²) in [5.74, 6) is 0.492. The van der Waals surface area contributed by atoms with Gasteiger partial charge in [-0.15, -0.1) is 0 Å². The smallest absolute Gasteiger partial charge is 0.130 e. The van der Waals surface area contributed by atoms with Gasteiger partial charge in [0.15, 0.2) is 0 Å².